The Bertz CT molecular complexity index is 218. The highest BCUT2D eigenvalue weighted by molar-refractivity contribution is 5.75. The Kier molecular flexibility index (Phi) is 2.59. The van der Waals surface area contributed by atoms with Crippen molar-refractivity contribution in [2.45, 2.75) is 13.5 Å². The molecule has 5 heteroatoms. The minimum atomic E-state index is -0.0660. The number of hydrogen-bond donors (Lipinski definition) is 1. The monoisotopic (exact) mass is 154 g/mol. The number of aromatic nitrogens is 3. The predicted octanol–water partition coefficient (Wildman–Crippen LogP) is -0.586. The van der Waals surface area contributed by atoms with E-state index in [4.69, 9.17) is 0 Å². The zero-order chi connectivity index (χ0) is 8.10. The van der Waals surface area contributed by atoms with E-state index in [-0.39, 0.29) is 12.5 Å². The fraction of sp³-hybridized carbons (Fsp3) is 0.500. The summed E-state index contributed by atoms with van der Waals surface area (Å²) in [4.78, 5) is 12.2. The average Bonchev–Trinajstić information content (AvgIpc) is 2.40. The summed E-state index contributed by atoms with van der Waals surface area (Å²) in [6, 6.07) is 0. The molecule has 1 rings (SSSR count). The third-order valence-corrected chi connectivity index (χ3v) is 1.13. The normalized spacial score (nSPS) is 9.55. The Morgan fingerprint density at radius 2 is 2.18 bits per heavy atom. The van der Waals surface area contributed by atoms with Crippen molar-refractivity contribution in [1.82, 2.24) is 20.3 Å². The van der Waals surface area contributed by atoms with Gasteiger partial charge in [0, 0.05) is 6.54 Å². The Labute approximate surface area is 64.4 Å². The standard InChI is InChI=1S/C6H10N4O/c1-2-7-6(11)5-10-8-3-4-9-10/h3-4H,2,5H2,1H3,(H,7,11). The van der Waals surface area contributed by atoms with Gasteiger partial charge in [-0.1, -0.05) is 0 Å². The van der Waals surface area contributed by atoms with E-state index in [1.165, 1.54) is 4.80 Å². The molecule has 0 aliphatic carbocycles. The SMILES string of the molecule is CCNC(=O)Cn1nccn1. The third-order valence-electron chi connectivity index (χ3n) is 1.13. The summed E-state index contributed by atoms with van der Waals surface area (Å²) in [5.74, 6) is -0.0660. The average molecular weight is 154 g/mol. The topological polar surface area (TPSA) is 59.8 Å². The van der Waals surface area contributed by atoms with Crippen LogP contribution < -0.4 is 5.32 Å². The van der Waals surface area contributed by atoms with Crippen molar-refractivity contribution in [1.29, 1.82) is 0 Å². The van der Waals surface area contributed by atoms with E-state index in [0.717, 1.165) is 0 Å². The molecule has 0 saturated carbocycles. The van der Waals surface area contributed by atoms with E-state index < -0.39 is 0 Å². The number of nitrogens with one attached hydrogen (secondary N) is 1. The Morgan fingerprint density at radius 3 is 2.73 bits per heavy atom. The van der Waals surface area contributed by atoms with Crippen molar-refractivity contribution in [3.05, 3.63) is 12.4 Å². The van der Waals surface area contributed by atoms with Gasteiger partial charge in [-0.15, -0.1) is 0 Å². The molecule has 1 aromatic rings. The Morgan fingerprint density at radius 1 is 1.55 bits per heavy atom. The summed E-state index contributed by atoms with van der Waals surface area (Å²) in [6.07, 6.45) is 3.08. The number of rotatable bonds is 3. The van der Waals surface area contributed by atoms with E-state index in [2.05, 4.69) is 15.5 Å². The molecule has 0 spiro atoms. The van der Waals surface area contributed by atoms with Crippen LogP contribution >= 0.6 is 0 Å². The first-order valence-corrected chi connectivity index (χ1v) is 3.43. The highest BCUT2D eigenvalue weighted by Crippen LogP contribution is 1.77. The molecule has 11 heavy (non-hydrogen) atoms. The molecule has 0 atom stereocenters. The molecular weight excluding hydrogens is 144 g/mol. The van der Waals surface area contributed by atoms with Crippen LogP contribution in [-0.4, -0.2) is 27.4 Å². The fourth-order valence-corrected chi connectivity index (χ4v) is 0.707. The molecule has 0 aliphatic heterocycles. The maximum absolute atomic E-state index is 10.9. The van der Waals surface area contributed by atoms with Crippen LogP contribution in [0.2, 0.25) is 0 Å². The maximum atomic E-state index is 10.9. The lowest BCUT2D eigenvalue weighted by atomic mass is 10.6. The first-order chi connectivity index (χ1) is 5.33. The molecule has 0 fully saturated rings. The van der Waals surface area contributed by atoms with Gasteiger partial charge in [0.25, 0.3) is 0 Å². The molecule has 60 valence electrons. The van der Waals surface area contributed by atoms with Crippen molar-refractivity contribution in [3.63, 3.8) is 0 Å². The largest absolute Gasteiger partial charge is 0.355 e. The molecule has 0 aromatic carbocycles. The second kappa shape index (κ2) is 3.70. The minimum Gasteiger partial charge on any atom is -0.355 e. The van der Waals surface area contributed by atoms with Gasteiger partial charge >= 0.3 is 0 Å². The van der Waals surface area contributed by atoms with E-state index in [9.17, 15) is 4.79 Å². The maximum Gasteiger partial charge on any atom is 0.243 e. The first-order valence-electron chi connectivity index (χ1n) is 3.43. The summed E-state index contributed by atoms with van der Waals surface area (Å²) < 4.78 is 0. The van der Waals surface area contributed by atoms with Crippen LogP contribution in [0, 0.1) is 0 Å². The quantitative estimate of drug-likeness (QED) is 0.633. The molecular formula is C6H10N4O. The van der Waals surface area contributed by atoms with Gasteiger partial charge in [0.05, 0.1) is 12.4 Å². The molecule has 0 aliphatic rings. The van der Waals surface area contributed by atoms with Crippen LogP contribution in [0.1, 0.15) is 6.92 Å². The zero-order valence-electron chi connectivity index (χ0n) is 6.32. The lowest BCUT2D eigenvalue weighted by Gasteiger charge is -1.99. The van der Waals surface area contributed by atoms with Gasteiger partial charge in [0.1, 0.15) is 6.54 Å². The molecule has 5 nitrogen and oxygen atoms in total. The molecule has 0 saturated heterocycles. The van der Waals surface area contributed by atoms with Crippen molar-refractivity contribution in [2.75, 3.05) is 6.54 Å². The van der Waals surface area contributed by atoms with Crippen molar-refractivity contribution < 1.29 is 4.79 Å². The van der Waals surface area contributed by atoms with Gasteiger partial charge < -0.3 is 5.32 Å². The lowest BCUT2D eigenvalue weighted by molar-refractivity contribution is -0.121. The van der Waals surface area contributed by atoms with Gasteiger partial charge in [0.2, 0.25) is 5.91 Å². The van der Waals surface area contributed by atoms with Crippen LogP contribution in [0.25, 0.3) is 0 Å². The van der Waals surface area contributed by atoms with Gasteiger partial charge in [-0.2, -0.15) is 15.0 Å². The van der Waals surface area contributed by atoms with E-state index in [1.54, 1.807) is 12.4 Å². The summed E-state index contributed by atoms with van der Waals surface area (Å²) in [7, 11) is 0. The molecule has 1 N–H and O–H groups in total. The summed E-state index contributed by atoms with van der Waals surface area (Å²) in [6.45, 7) is 2.70. The van der Waals surface area contributed by atoms with Gasteiger partial charge in [0.15, 0.2) is 0 Å². The van der Waals surface area contributed by atoms with Crippen molar-refractivity contribution >= 4 is 5.91 Å². The van der Waals surface area contributed by atoms with E-state index in [1.807, 2.05) is 6.92 Å². The van der Waals surface area contributed by atoms with E-state index in [0.29, 0.717) is 6.54 Å². The molecule has 0 bridgehead atoms. The highest BCUT2D eigenvalue weighted by Gasteiger charge is 1.99. The third kappa shape index (κ3) is 2.37. The zero-order valence-corrected chi connectivity index (χ0v) is 6.32. The van der Waals surface area contributed by atoms with Crippen LogP contribution in [0.15, 0.2) is 12.4 Å². The van der Waals surface area contributed by atoms with Crippen LogP contribution in [0.4, 0.5) is 0 Å². The van der Waals surface area contributed by atoms with E-state index >= 15 is 0 Å². The second-order valence-corrected chi connectivity index (χ2v) is 2.01. The van der Waals surface area contributed by atoms with Crippen LogP contribution in [0.5, 0.6) is 0 Å². The number of amides is 1. The van der Waals surface area contributed by atoms with Crippen molar-refractivity contribution in [2.24, 2.45) is 0 Å². The number of nitrogens with zero attached hydrogens (tertiary/aromatic N) is 3. The Hall–Kier alpha value is -1.39. The van der Waals surface area contributed by atoms with Gasteiger partial charge in [-0.25, -0.2) is 0 Å². The number of carbonyl (C=O) groups is 1. The fourth-order valence-electron chi connectivity index (χ4n) is 0.707. The molecule has 1 amide bonds. The Balaban J connectivity index is 2.37. The predicted molar refractivity (Wildman–Crippen MR) is 38.7 cm³/mol. The van der Waals surface area contributed by atoms with Gasteiger partial charge in [-0.05, 0) is 6.92 Å². The lowest BCUT2D eigenvalue weighted by Crippen LogP contribution is -2.27. The van der Waals surface area contributed by atoms with Gasteiger partial charge in [-0.3, -0.25) is 4.79 Å². The highest BCUT2D eigenvalue weighted by atomic mass is 16.2. The van der Waals surface area contributed by atoms with Crippen LogP contribution in [0.3, 0.4) is 0 Å². The van der Waals surface area contributed by atoms with Crippen LogP contribution in [-0.2, 0) is 11.3 Å². The molecule has 1 heterocycles. The summed E-state index contributed by atoms with van der Waals surface area (Å²) in [5, 5.41) is 10.2. The first kappa shape index (κ1) is 7.71. The molecule has 1 aromatic heterocycles. The number of likely N-dealkylation sites (N-methyl/N-ethyl adjacent to an activating group) is 1. The second-order valence-electron chi connectivity index (χ2n) is 2.01. The molecule has 0 unspecified atom stereocenters. The minimum absolute atomic E-state index is 0.0660. The number of hydrogen-bond acceptors (Lipinski definition) is 3. The number of carbonyl (C=O) groups excluding carboxylic acids is 1. The van der Waals surface area contributed by atoms with Crippen molar-refractivity contribution in [3.8, 4) is 0 Å². The smallest absolute Gasteiger partial charge is 0.243 e. The molecule has 0 radical (unpaired) electrons. The summed E-state index contributed by atoms with van der Waals surface area (Å²) in [5.41, 5.74) is 0. The summed E-state index contributed by atoms with van der Waals surface area (Å²) >= 11 is 0.